The van der Waals surface area contributed by atoms with E-state index in [0.717, 1.165) is 23.4 Å². The molecular formula is C16H17F2N3. The van der Waals surface area contributed by atoms with Gasteiger partial charge in [-0.25, -0.2) is 8.78 Å². The van der Waals surface area contributed by atoms with E-state index in [1.165, 1.54) is 6.07 Å². The Morgan fingerprint density at radius 3 is 2.67 bits per heavy atom. The normalized spacial score (nSPS) is 12.2. The number of hydrogen-bond donors (Lipinski definition) is 1. The molecule has 1 atom stereocenters. The van der Waals surface area contributed by atoms with Crippen molar-refractivity contribution in [2.24, 2.45) is 7.05 Å². The van der Waals surface area contributed by atoms with Gasteiger partial charge in [0.25, 0.3) is 0 Å². The summed E-state index contributed by atoms with van der Waals surface area (Å²) in [6.07, 6.45) is 0. The first-order valence-electron chi connectivity index (χ1n) is 6.67. The van der Waals surface area contributed by atoms with E-state index in [-0.39, 0.29) is 6.04 Å². The molecule has 1 aromatic carbocycles. The Hall–Kier alpha value is -2.19. The molecule has 1 heterocycles. The molecule has 21 heavy (non-hydrogen) atoms. The summed E-state index contributed by atoms with van der Waals surface area (Å²) in [4.78, 5) is 0. The van der Waals surface area contributed by atoms with E-state index in [1.54, 1.807) is 13.0 Å². The lowest BCUT2D eigenvalue weighted by molar-refractivity contribution is 0.518. The van der Waals surface area contributed by atoms with Crippen molar-refractivity contribution < 1.29 is 8.78 Å². The van der Waals surface area contributed by atoms with Crippen LogP contribution in [0, 0.1) is 29.9 Å². The first kappa shape index (κ1) is 15.2. The topological polar surface area (TPSA) is 40.8 Å². The van der Waals surface area contributed by atoms with Gasteiger partial charge in [0.15, 0.2) is 0 Å². The van der Waals surface area contributed by atoms with Gasteiger partial charge in [-0.2, -0.15) is 5.26 Å². The Morgan fingerprint density at radius 2 is 2.05 bits per heavy atom. The molecule has 1 unspecified atom stereocenters. The van der Waals surface area contributed by atoms with Crippen LogP contribution in [0.1, 0.15) is 35.5 Å². The number of nitriles is 1. The molecule has 5 heteroatoms. The Labute approximate surface area is 122 Å². The first-order chi connectivity index (χ1) is 9.93. The maximum Gasteiger partial charge on any atom is 0.128 e. The second-order valence-corrected chi connectivity index (χ2v) is 5.08. The number of hydrogen-bond acceptors (Lipinski definition) is 2. The number of benzene rings is 1. The second-order valence-electron chi connectivity index (χ2n) is 5.08. The number of rotatable bonds is 4. The molecule has 0 amide bonds. The molecule has 0 saturated carbocycles. The van der Waals surface area contributed by atoms with E-state index in [0.29, 0.717) is 17.8 Å². The van der Waals surface area contributed by atoms with Crippen molar-refractivity contribution in [1.82, 2.24) is 9.88 Å². The first-order valence-corrected chi connectivity index (χ1v) is 6.67. The summed E-state index contributed by atoms with van der Waals surface area (Å²) in [5.41, 5.74) is 2.82. The molecule has 0 bridgehead atoms. The van der Waals surface area contributed by atoms with Crippen molar-refractivity contribution in [2.75, 3.05) is 0 Å². The van der Waals surface area contributed by atoms with Crippen LogP contribution in [0.2, 0.25) is 0 Å². The molecule has 2 aromatic rings. The van der Waals surface area contributed by atoms with Crippen molar-refractivity contribution in [1.29, 1.82) is 5.26 Å². The fourth-order valence-corrected chi connectivity index (χ4v) is 2.27. The average Bonchev–Trinajstić information content (AvgIpc) is 2.74. The third-order valence-corrected chi connectivity index (χ3v) is 3.78. The molecule has 1 aromatic heterocycles. The fraction of sp³-hybridized carbons (Fsp3) is 0.312. The van der Waals surface area contributed by atoms with Crippen molar-refractivity contribution in [3.05, 3.63) is 58.4 Å². The highest BCUT2D eigenvalue weighted by molar-refractivity contribution is 5.34. The zero-order valence-electron chi connectivity index (χ0n) is 12.2. The molecule has 0 radical (unpaired) electrons. The zero-order chi connectivity index (χ0) is 15.6. The molecular weight excluding hydrogens is 272 g/mol. The molecule has 0 aliphatic carbocycles. The van der Waals surface area contributed by atoms with Gasteiger partial charge in [0.2, 0.25) is 0 Å². The Morgan fingerprint density at radius 1 is 1.33 bits per heavy atom. The largest absolute Gasteiger partial charge is 0.340 e. The molecule has 110 valence electrons. The monoisotopic (exact) mass is 289 g/mol. The van der Waals surface area contributed by atoms with E-state index in [9.17, 15) is 8.78 Å². The predicted octanol–water partition coefficient (Wildman–Crippen LogP) is 3.33. The summed E-state index contributed by atoms with van der Waals surface area (Å²) in [6.45, 7) is 4.19. The summed E-state index contributed by atoms with van der Waals surface area (Å²) in [7, 11) is 1.83. The van der Waals surface area contributed by atoms with E-state index in [1.807, 2.05) is 18.5 Å². The van der Waals surface area contributed by atoms with Gasteiger partial charge < -0.3 is 9.88 Å². The lowest BCUT2D eigenvalue weighted by atomic mass is 10.1. The van der Waals surface area contributed by atoms with Crippen molar-refractivity contribution in [3.8, 4) is 6.07 Å². The van der Waals surface area contributed by atoms with Crippen molar-refractivity contribution in [3.63, 3.8) is 0 Å². The van der Waals surface area contributed by atoms with Gasteiger partial charge in [-0.1, -0.05) is 0 Å². The number of aromatic nitrogens is 1. The minimum Gasteiger partial charge on any atom is -0.340 e. The lowest BCUT2D eigenvalue weighted by Gasteiger charge is -2.15. The van der Waals surface area contributed by atoms with Crippen LogP contribution in [0.15, 0.2) is 24.3 Å². The molecule has 0 saturated heterocycles. The summed E-state index contributed by atoms with van der Waals surface area (Å²) in [5.74, 6) is -0.887. The Kier molecular flexibility index (Phi) is 4.39. The second kappa shape index (κ2) is 6.06. The molecule has 0 aliphatic heterocycles. The number of halogens is 2. The predicted molar refractivity (Wildman–Crippen MR) is 76.5 cm³/mol. The van der Waals surface area contributed by atoms with E-state index >= 15 is 0 Å². The smallest absolute Gasteiger partial charge is 0.128 e. The SMILES string of the molecule is Cc1c(CNC(C)c2cc(F)ccc2F)cc(C#N)n1C. The van der Waals surface area contributed by atoms with Crippen molar-refractivity contribution in [2.45, 2.75) is 26.4 Å². The van der Waals surface area contributed by atoms with Gasteiger partial charge >= 0.3 is 0 Å². The molecule has 0 aliphatic rings. The summed E-state index contributed by atoms with van der Waals surface area (Å²) in [5, 5.41) is 12.2. The minimum atomic E-state index is -0.456. The highest BCUT2D eigenvalue weighted by Gasteiger charge is 2.14. The number of nitrogens with zero attached hydrogens (tertiary/aromatic N) is 2. The van der Waals surface area contributed by atoms with Crippen LogP contribution >= 0.6 is 0 Å². The lowest BCUT2D eigenvalue weighted by Crippen LogP contribution is -2.19. The zero-order valence-corrected chi connectivity index (χ0v) is 12.2. The van der Waals surface area contributed by atoms with Crippen LogP contribution in [0.4, 0.5) is 8.78 Å². The maximum absolute atomic E-state index is 13.7. The van der Waals surface area contributed by atoms with Crippen LogP contribution < -0.4 is 5.32 Å². The van der Waals surface area contributed by atoms with Crippen LogP contribution in [0.25, 0.3) is 0 Å². The van der Waals surface area contributed by atoms with Gasteiger partial charge in [-0.15, -0.1) is 0 Å². The Bertz CT molecular complexity index is 698. The molecule has 3 nitrogen and oxygen atoms in total. The summed E-state index contributed by atoms with van der Waals surface area (Å²) >= 11 is 0. The average molecular weight is 289 g/mol. The van der Waals surface area contributed by atoms with Crippen LogP contribution in [0.3, 0.4) is 0 Å². The fourth-order valence-electron chi connectivity index (χ4n) is 2.27. The summed E-state index contributed by atoms with van der Waals surface area (Å²) in [6, 6.07) is 7.03. The van der Waals surface area contributed by atoms with Gasteiger partial charge in [-0.3, -0.25) is 0 Å². The van der Waals surface area contributed by atoms with Crippen LogP contribution in [0.5, 0.6) is 0 Å². The molecule has 0 spiro atoms. The van der Waals surface area contributed by atoms with E-state index in [2.05, 4.69) is 11.4 Å². The standard InChI is InChI=1S/C16H17F2N3/c1-10(15-7-13(17)4-5-16(15)18)20-9-12-6-14(8-19)21(3)11(12)2/h4-7,10,20H,9H2,1-3H3. The summed E-state index contributed by atoms with van der Waals surface area (Å²) < 4.78 is 28.7. The number of nitrogens with one attached hydrogen (secondary N) is 1. The third kappa shape index (κ3) is 3.11. The van der Waals surface area contributed by atoms with Gasteiger partial charge in [0, 0.05) is 30.9 Å². The minimum absolute atomic E-state index is 0.295. The quantitative estimate of drug-likeness (QED) is 0.938. The molecule has 2 rings (SSSR count). The highest BCUT2D eigenvalue weighted by Crippen LogP contribution is 2.20. The van der Waals surface area contributed by atoms with Gasteiger partial charge in [0.05, 0.1) is 0 Å². The van der Waals surface area contributed by atoms with Crippen LogP contribution in [-0.2, 0) is 13.6 Å². The maximum atomic E-state index is 13.7. The van der Waals surface area contributed by atoms with E-state index < -0.39 is 11.6 Å². The Balaban J connectivity index is 2.13. The third-order valence-electron chi connectivity index (χ3n) is 3.78. The van der Waals surface area contributed by atoms with Crippen molar-refractivity contribution >= 4 is 0 Å². The van der Waals surface area contributed by atoms with E-state index in [4.69, 9.17) is 5.26 Å². The molecule has 1 N–H and O–H groups in total. The van der Waals surface area contributed by atoms with Gasteiger partial charge in [-0.05, 0) is 43.7 Å². The van der Waals surface area contributed by atoms with Gasteiger partial charge in [0.1, 0.15) is 23.4 Å². The van der Waals surface area contributed by atoms with Crippen LogP contribution in [-0.4, -0.2) is 4.57 Å². The highest BCUT2D eigenvalue weighted by atomic mass is 19.1. The molecule has 0 fully saturated rings.